The Labute approximate surface area is 150 Å². The number of carbonyl (C=O) groups is 2. The maximum atomic E-state index is 13.0. The topological polar surface area (TPSA) is 83.6 Å². The van der Waals surface area contributed by atoms with Gasteiger partial charge in [-0.25, -0.2) is 17.1 Å². The van der Waals surface area contributed by atoms with Crippen LogP contribution in [0.15, 0.2) is 53.4 Å². The van der Waals surface area contributed by atoms with Gasteiger partial charge in [-0.15, -0.1) is 0 Å². The molecule has 1 fully saturated rings. The molecule has 26 heavy (non-hydrogen) atoms. The Morgan fingerprint density at radius 3 is 2.35 bits per heavy atom. The Hall–Kier alpha value is -2.74. The Bertz CT molecular complexity index is 940. The van der Waals surface area contributed by atoms with Crippen molar-refractivity contribution in [3.8, 4) is 0 Å². The van der Waals surface area contributed by atoms with E-state index in [9.17, 15) is 22.4 Å². The Balaban J connectivity index is 1.87. The minimum Gasteiger partial charge on any atom is -0.324 e. The quantitative estimate of drug-likeness (QED) is 0.888. The molecule has 1 N–H and O–H groups in total. The summed E-state index contributed by atoms with van der Waals surface area (Å²) in [4.78, 5) is 24.7. The summed E-state index contributed by atoms with van der Waals surface area (Å²) in [6.07, 6.45) is 0.0591. The molecular formula is C18H17FN2O4S. The number of nitrogens with zero attached hydrogens (tertiary/aromatic N) is 1. The van der Waals surface area contributed by atoms with Gasteiger partial charge in [-0.2, -0.15) is 0 Å². The van der Waals surface area contributed by atoms with Crippen LogP contribution in [0, 0.1) is 12.7 Å². The number of amides is 2. The number of halogens is 1. The van der Waals surface area contributed by atoms with E-state index in [1.54, 1.807) is 12.1 Å². The molecule has 1 aliphatic rings. The van der Waals surface area contributed by atoms with E-state index >= 15 is 0 Å². The zero-order valence-electron chi connectivity index (χ0n) is 14.0. The first-order valence-corrected chi connectivity index (χ1v) is 9.43. The van der Waals surface area contributed by atoms with Gasteiger partial charge >= 0.3 is 0 Å². The van der Waals surface area contributed by atoms with Gasteiger partial charge in [-0.3, -0.25) is 9.59 Å². The highest BCUT2D eigenvalue weighted by molar-refractivity contribution is 7.89. The van der Waals surface area contributed by atoms with Crippen LogP contribution < -0.4 is 5.32 Å². The molecule has 0 saturated carbocycles. The van der Waals surface area contributed by atoms with Crippen LogP contribution >= 0.6 is 0 Å². The first kappa shape index (κ1) is 18.1. The fraction of sp³-hybridized carbons (Fsp3) is 0.222. The van der Waals surface area contributed by atoms with E-state index in [1.165, 1.54) is 36.4 Å². The Morgan fingerprint density at radius 1 is 1.12 bits per heavy atom. The van der Waals surface area contributed by atoms with Crippen molar-refractivity contribution in [2.45, 2.75) is 30.7 Å². The van der Waals surface area contributed by atoms with E-state index in [0.29, 0.717) is 9.99 Å². The highest BCUT2D eigenvalue weighted by Crippen LogP contribution is 2.28. The van der Waals surface area contributed by atoms with Gasteiger partial charge in [0.1, 0.15) is 11.9 Å². The number of aryl methyl sites for hydroxylation is 1. The second-order valence-corrected chi connectivity index (χ2v) is 7.87. The number of nitrogens with one attached hydrogen (secondary N) is 1. The lowest BCUT2D eigenvalue weighted by molar-refractivity contribution is -0.128. The van der Waals surface area contributed by atoms with Crippen LogP contribution in [-0.2, 0) is 19.6 Å². The van der Waals surface area contributed by atoms with Crippen molar-refractivity contribution in [1.29, 1.82) is 0 Å². The molecule has 2 aromatic carbocycles. The fourth-order valence-electron chi connectivity index (χ4n) is 2.78. The van der Waals surface area contributed by atoms with Crippen molar-refractivity contribution in [1.82, 2.24) is 4.31 Å². The standard InChI is InChI=1S/C18H17FN2O4S/c1-12-2-8-15(9-3-12)26(24,25)21-16(10-11-17(21)22)18(23)20-14-6-4-13(19)5-7-14/h2-9,16H,10-11H2,1H3,(H,20,23)/t16-/m0/s1. The van der Waals surface area contributed by atoms with Crippen molar-refractivity contribution in [2.24, 2.45) is 0 Å². The Morgan fingerprint density at radius 2 is 1.73 bits per heavy atom. The summed E-state index contributed by atoms with van der Waals surface area (Å²) >= 11 is 0. The zero-order chi connectivity index (χ0) is 18.9. The summed E-state index contributed by atoms with van der Waals surface area (Å²) in [7, 11) is -4.13. The van der Waals surface area contributed by atoms with Crippen molar-refractivity contribution < 1.29 is 22.4 Å². The normalized spacial score (nSPS) is 17.4. The highest BCUT2D eigenvalue weighted by atomic mass is 32.2. The van der Waals surface area contributed by atoms with Gasteiger partial charge in [0.25, 0.3) is 10.0 Å². The second kappa shape index (κ2) is 6.87. The molecule has 0 aromatic heterocycles. The number of rotatable bonds is 4. The van der Waals surface area contributed by atoms with Crippen LogP contribution in [0.2, 0.25) is 0 Å². The molecule has 8 heteroatoms. The van der Waals surface area contributed by atoms with E-state index in [-0.39, 0.29) is 17.7 Å². The predicted molar refractivity (Wildman–Crippen MR) is 93.3 cm³/mol. The lowest BCUT2D eigenvalue weighted by Gasteiger charge is -2.23. The fourth-order valence-corrected chi connectivity index (χ4v) is 4.39. The Kier molecular flexibility index (Phi) is 4.78. The lowest BCUT2D eigenvalue weighted by atomic mass is 10.2. The summed E-state index contributed by atoms with van der Waals surface area (Å²) < 4.78 is 39.3. The maximum Gasteiger partial charge on any atom is 0.267 e. The van der Waals surface area contributed by atoms with Crippen LogP contribution in [0.1, 0.15) is 18.4 Å². The summed E-state index contributed by atoms with van der Waals surface area (Å²) in [6, 6.07) is 10.0. The minimum absolute atomic E-state index is 0.0351. The van der Waals surface area contributed by atoms with E-state index < -0.39 is 33.7 Å². The van der Waals surface area contributed by atoms with Gasteiger partial charge < -0.3 is 5.32 Å². The number of sulfonamides is 1. The first-order valence-electron chi connectivity index (χ1n) is 7.99. The van der Waals surface area contributed by atoms with Crippen LogP contribution in [-0.4, -0.2) is 30.6 Å². The van der Waals surface area contributed by atoms with Gasteiger partial charge in [-0.05, 0) is 49.7 Å². The molecule has 6 nitrogen and oxygen atoms in total. The third-order valence-corrected chi connectivity index (χ3v) is 6.00. The smallest absolute Gasteiger partial charge is 0.267 e. The summed E-state index contributed by atoms with van der Waals surface area (Å²) in [5, 5.41) is 2.53. The first-order chi connectivity index (χ1) is 12.3. The SMILES string of the molecule is Cc1ccc(S(=O)(=O)N2C(=O)CC[C@H]2C(=O)Nc2ccc(F)cc2)cc1. The molecule has 3 rings (SSSR count). The van der Waals surface area contributed by atoms with Crippen molar-refractivity contribution in [3.63, 3.8) is 0 Å². The average molecular weight is 376 g/mol. The monoisotopic (exact) mass is 376 g/mol. The highest BCUT2D eigenvalue weighted by Gasteiger charge is 2.44. The van der Waals surface area contributed by atoms with Gasteiger partial charge in [-0.1, -0.05) is 17.7 Å². The number of hydrogen-bond acceptors (Lipinski definition) is 4. The molecule has 136 valence electrons. The van der Waals surface area contributed by atoms with Gasteiger partial charge in [0.2, 0.25) is 11.8 Å². The van der Waals surface area contributed by atoms with Crippen LogP contribution in [0.25, 0.3) is 0 Å². The van der Waals surface area contributed by atoms with E-state index in [2.05, 4.69) is 5.32 Å². The van der Waals surface area contributed by atoms with Gasteiger partial charge in [0, 0.05) is 12.1 Å². The molecule has 0 aliphatic carbocycles. The summed E-state index contributed by atoms with van der Waals surface area (Å²) in [5.41, 5.74) is 1.20. The number of carbonyl (C=O) groups excluding carboxylic acids is 2. The lowest BCUT2D eigenvalue weighted by Crippen LogP contribution is -2.45. The molecule has 2 amide bonds. The van der Waals surface area contributed by atoms with Crippen molar-refractivity contribution in [3.05, 3.63) is 59.9 Å². The van der Waals surface area contributed by atoms with Crippen LogP contribution in [0.3, 0.4) is 0 Å². The molecule has 0 spiro atoms. The van der Waals surface area contributed by atoms with E-state index in [1.807, 2.05) is 6.92 Å². The van der Waals surface area contributed by atoms with E-state index in [0.717, 1.165) is 5.56 Å². The third-order valence-electron chi connectivity index (χ3n) is 4.15. The van der Waals surface area contributed by atoms with Crippen LogP contribution in [0.4, 0.5) is 10.1 Å². The number of benzene rings is 2. The predicted octanol–water partition coefficient (Wildman–Crippen LogP) is 2.45. The third kappa shape index (κ3) is 3.45. The molecule has 0 unspecified atom stereocenters. The number of hydrogen-bond donors (Lipinski definition) is 1. The molecular weight excluding hydrogens is 359 g/mol. The van der Waals surface area contributed by atoms with Gasteiger partial charge in [0.05, 0.1) is 4.90 Å². The summed E-state index contributed by atoms with van der Waals surface area (Å²) in [6.45, 7) is 1.82. The molecule has 1 heterocycles. The molecule has 0 bridgehead atoms. The van der Waals surface area contributed by atoms with Crippen LogP contribution in [0.5, 0.6) is 0 Å². The molecule has 1 atom stereocenters. The largest absolute Gasteiger partial charge is 0.324 e. The average Bonchev–Trinajstić information content (AvgIpc) is 3.00. The summed E-state index contributed by atoms with van der Waals surface area (Å²) in [5.74, 6) is -1.70. The molecule has 1 aliphatic heterocycles. The minimum atomic E-state index is -4.13. The molecule has 2 aromatic rings. The van der Waals surface area contributed by atoms with Crippen molar-refractivity contribution in [2.75, 3.05) is 5.32 Å². The molecule has 0 radical (unpaired) electrons. The van der Waals surface area contributed by atoms with Crippen molar-refractivity contribution >= 4 is 27.5 Å². The molecule has 1 saturated heterocycles. The maximum absolute atomic E-state index is 13.0. The second-order valence-electron chi connectivity index (χ2n) is 6.06. The number of anilines is 1. The zero-order valence-corrected chi connectivity index (χ0v) is 14.8. The van der Waals surface area contributed by atoms with E-state index in [4.69, 9.17) is 0 Å². The van der Waals surface area contributed by atoms with Gasteiger partial charge in [0.15, 0.2) is 0 Å².